The molecule has 0 aliphatic rings. The van der Waals surface area contributed by atoms with Crippen LogP contribution in [0.25, 0.3) is 10.9 Å². The summed E-state index contributed by atoms with van der Waals surface area (Å²) in [5.74, 6) is 1.05. The van der Waals surface area contributed by atoms with Crippen LogP contribution in [-0.4, -0.2) is 0 Å². The maximum absolute atomic E-state index is 11.9. The number of fused-ring (bicyclic) bond motifs is 1. The van der Waals surface area contributed by atoms with E-state index < -0.39 is 0 Å². The minimum absolute atomic E-state index is 0.207. The molecule has 0 saturated carbocycles. The summed E-state index contributed by atoms with van der Waals surface area (Å²) in [5.41, 5.74) is 1.58. The smallest absolute Gasteiger partial charge is 0.354 e. The Kier molecular flexibility index (Phi) is 3.01. The number of hydrogen-bond acceptors (Lipinski definition) is 2. The first-order chi connectivity index (χ1) is 8.29. The maximum Gasteiger partial charge on any atom is 0.354 e. The van der Waals surface area contributed by atoms with Crippen LogP contribution in [0, 0.1) is 0 Å². The third-order valence-electron chi connectivity index (χ3n) is 3.05. The zero-order valence-corrected chi connectivity index (χ0v) is 11.6. The Bertz CT molecular complexity index is 633. The fourth-order valence-corrected chi connectivity index (χ4v) is 1.84. The molecule has 1 heterocycles. The molecule has 3 heteroatoms. The average molecular weight is 246 g/mol. The number of H-pyrrole nitrogens is 1. The lowest BCUT2D eigenvalue weighted by atomic mass is 9.96. The van der Waals surface area contributed by atoms with Gasteiger partial charge in [0.1, 0.15) is 5.39 Å². The molecule has 3 nitrogen and oxygen atoms in total. The van der Waals surface area contributed by atoms with E-state index in [1.54, 1.807) is 0 Å². The number of nitrogens with one attached hydrogen (secondary N) is 1. The lowest BCUT2D eigenvalue weighted by Gasteiger charge is -2.10. The van der Waals surface area contributed by atoms with Gasteiger partial charge in [-0.25, -0.2) is 4.79 Å². The molecule has 0 atom stereocenters. The molecule has 0 saturated heterocycles. The lowest BCUT2D eigenvalue weighted by Crippen LogP contribution is -2.28. The van der Waals surface area contributed by atoms with Crippen LogP contribution in [0.15, 0.2) is 27.4 Å². The molecule has 0 spiro atoms. The summed E-state index contributed by atoms with van der Waals surface area (Å²) in [6.45, 7) is 10.3. The van der Waals surface area contributed by atoms with E-state index in [-0.39, 0.29) is 11.0 Å². The van der Waals surface area contributed by atoms with E-state index in [2.05, 4.69) is 18.8 Å². The molecule has 96 valence electrons. The molecule has 0 bridgehead atoms. The van der Waals surface area contributed by atoms with Crippen molar-refractivity contribution in [3.8, 4) is 0 Å². The van der Waals surface area contributed by atoms with Crippen LogP contribution in [0.5, 0.6) is 0 Å². The van der Waals surface area contributed by atoms with Crippen molar-refractivity contribution in [1.29, 1.82) is 0 Å². The first kappa shape index (κ1) is 12.8. The average Bonchev–Trinajstić information content (AvgIpc) is 2.26. The highest BCUT2D eigenvalue weighted by Gasteiger charge is 2.26. The molecule has 0 aliphatic carbocycles. The quantitative estimate of drug-likeness (QED) is 0.776. The van der Waals surface area contributed by atoms with Crippen molar-refractivity contribution in [1.82, 2.24) is 0 Å². The largest absolute Gasteiger partial charge is 0.370 e. The minimum Gasteiger partial charge on any atom is -0.370 e. The van der Waals surface area contributed by atoms with Gasteiger partial charge in [-0.05, 0) is 38.3 Å². The van der Waals surface area contributed by atoms with Crippen molar-refractivity contribution in [3.63, 3.8) is 0 Å². The van der Waals surface area contributed by atoms with Gasteiger partial charge in [0.05, 0.1) is 5.41 Å². The Labute approximate surface area is 107 Å². The highest BCUT2D eigenvalue weighted by Crippen LogP contribution is 2.20. The van der Waals surface area contributed by atoms with Crippen LogP contribution in [0.1, 0.15) is 52.0 Å². The van der Waals surface area contributed by atoms with Gasteiger partial charge in [0, 0.05) is 6.07 Å². The van der Waals surface area contributed by atoms with Crippen molar-refractivity contribution in [2.75, 3.05) is 0 Å². The molecule has 2 aromatic rings. The van der Waals surface area contributed by atoms with E-state index in [4.69, 9.17) is 4.42 Å². The highest BCUT2D eigenvalue weighted by molar-refractivity contribution is 5.74. The molecule has 0 aliphatic heterocycles. The van der Waals surface area contributed by atoms with Crippen LogP contribution >= 0.6 is 0 Å². The monoisotopic (exact) mass is 246 g/mol. The summed E-state index contributed by atoms with van der Waals surface area (Å²) in [7, 11) is 0. The van der Waals surface area contributed by atoms with Gasteiger partial charge in [-0.15, -0.1) is 0 Å². The van der Waals surface area contributed by atoms with Crippen molar-refractivity contribution in [2.24, 2.45) is 0 Å². The Morgan fingerprint density at radius 1 is 1.22 bits per heavy atom. The van der Waals surface area contributed by atoms with Crippen LogP contribution in [0.2, 0.25) is 0 Å². The van der Waals surface area contributed by atoms with Gasteiger partial charge in [-0.3, -0.25) is 0 Å². The Morgan fingerprint density at radius 2 is 1.89 bits per heavy atom. The molecule has 1 N–H and O–H groups in total. The van der Waals surface area contributed by atoms with Gasteiger partial charge in [0.15, 0.2) is 0 Å². The van der Waals surface area contributed by atoms with Gasteiger partial charge in [-0.2, -0.15) is 4.98 Å². The zero-order valence-electron chi connectivity index (χ0n) is 11.6. The summed E-state index contributed by atoms with van der Waals surface area (Å²) in [6, 6.07) is 5.85. The molecule has 1 aromatic carbocycles. The van der Waals surface area contributed by atoms with Crippen LogP contribution < -0.4 is 10.6 Å². The second kappa shape index (κ2) is 4.23. The SMILES string of the molecule is CC(C)c1ccc2c(=O)oc(C(C)(C)C)[nH+]c2c1. The number of hydrogen-bond donors (Lipinski definition) is 0. The van der Waals surface area contributed by atoms with Gasteiger partial charge in [0.2, 0.25) is 5.52 Å². The summed E-state index contributed by atoms with van der Waals surface area (Å²) < 4.78 is 5.34. The predicted molar refractivity (Wildman–Crippen MR) is 71.8 cm³/mol. The van der Waals surface area contributed by atoms with Crippen molar-refractivity contribution in [2.45, 2.75) is 46.0 Å². The second-order valence-electron chi connectivity index (χ2n) is 6.05. The molecule has 0 amide bonds. The third kappa shape index (κ3) is 2.30. The molecule has 1 aromatic heterocycles. The summed E-state index contributed by atoms with van der Waals surface area (Å²) in [6.07, 6.45) is 0. The van der Waals surface area contributed by atoms with Crippen molar-refractivity contribution in [3.05, 3.63) is 40.1 Å². The number of benzene rings is 1. The fraction of sp³-hybridized carbons (Fsp3) is 0.467. The molecule has 2 rings (SSSR count). The van der Waals surface area contributed by atoms with Gasteiger partial charge in [-0.1, -0.05) is 19.9 Å². The summed E-state index contributed by atoms with van der Waals surface area (Å²) >= 11 is 0. The number of aromatic nitrogens is 1. The van der Waals surface area contributed by atoms with Crippen molar-refractivity contribution < 1.29 is 9.40 Å². The summed E-state index contributed by atoms with van der Waals surface area (Å²) in [5, 5.41) is 0.604. The van der Waals surface area contributed by atoms with Crippen LogP contribution in [-0.2, 0) is 5.41 Å². The first-order valence-electron chi connectivity index (χ1n) is 6.29. The van der Waals surface area contributed by atoms with E-state index in [0.29, 0.717) is 17.2 Å². The molecular formula is C15H20NO2+. The van der Waals surface area contributed by atoms with E-state index >= 15 is 0 Å². The molecule has 0 radical (unpaired) electrons. The zero-order chi connectivity index (χ0) is 13.5. The van der Waals surface area contributed by atoms with Crippen molar-refractivity contribution >= 4 is 10.9 Å². The van der Waals surface area contributed by atoms with Gasteiger partial charge < -0.3 is 4.42 Å². The van der Waals surface area contributed by atoms with E-state index in [0.717, 1.165) is 5.52 Å². The van der Waals surface area contributed by atoms with Crippen LogP contribution in [0.4, 0.5) is 0 Å². The highest BCUT2D eigenvalue weighted by atomic mass is 16.4. The number of rotatable bonds is 1. The molecule has 0 fully saturated rings. The Balaban J connectivity index is 2.73. The van der Waals surface area contributed by atoms with Crippen LogP contribution in [0.3, 0.4) is 0 Å². The first-order valence-corrected chi connectivity index (χ1v) is 6.29. The van der Waals surface area contributed by atoms with Gasteiger partial charge >= 0.3 is 11.5 Å². The van der Waals surface area contributed by atoms with E-state index in [1.807, 2.05) is 39.0 Å². The molecular weight excluding hydrogens is 226 g/mol. The number of aromatic amines is 1. The topological polar surface area (TPSA) is 44.4 Å². The second-order valence-corrected chi connectivity index (χ2v) is 6.05. The maximum atomic E-state index is 11.9. The Morgan fingerprint density at radius 3 is 2.44 bits per heavy atom. The summed E-state index contributed by atoms with van der Waals surface area (Å²) in [4.78, 5) is 15.2. The molecule has 18 heavy (non-hydrogen) atoms. The lowest BCUT2D eigenvalue weighted by molar-refractivity contribution is -0.388. The van der Waals surface area contributed by atoms with E-state index in [1.165, 1.54) is 5.56 Å². The fourth-order valence-electron chi connectivity index (χ4n) is 1.84. The van der Waals surface area contributed by atoms with Gasteiger partial charge in [0.25, 0.3) is 0 Å². The standard InChI is InChI=1S/C15H19NO2/c1-9(2)10-6-7-11-12(8-10)16-14(15(3,4)5)18-13(11)17/h6-9H,1-5H3/p+1. The normalized spacial score (nSPS) is 12.3. The molecule has 0 unspecified atom stereocenters. The predicted octanol–water partition coefficient (Wildman–Crippen LogP) is 3.03. The van der Waals surface area contributed by atoms with E-state index in [9.17, 15) is 4.79 Å². The third-order valence-corrected chi connectivity index (χ3v) is 3.05. The minimum atomic E-state index is -0.274. The Hall–Kier alpha value is -1.64.